The van der Waals surface area contributed by atoms with Crippen LogP contribution in [0.3, 0.4) is 0 Å². The molecule has 3 nitrogen and oxygen atoms in total. The van der Waals surface area contributed by atoms with E-state index in [-0.39, 0.29) is 5.41 Å². The van der Waals surface area contributed by atoms with Crippen LogP contribution in [0.1, 0.15) is 32.2 Å². The van der Waals surface area contributed by atoms with E-state index in [1.165, 1.54) is 0 Å². The molecule has 3 heteroatoms. The number of nitrogens with two attached hydrogens (primary N) is 1. The maximum absolute atomic E-state index is 5.60. The summed E-state index contributed by atoms with van der Waals surface area (Å²) in [6, 6.07) is 8.28. The van der Waals surface area contributed by atoms with Crippen molar-refractivity contribution in [2.75, 3.05) is 0 Å². The van der Waals surface area contributed by atoms with Gasteiger partial charge in [0.15, 0.2) is 0 Å². The van der Waals surface area contributed by atoms with E-state index in [9.17, 15) is 0 Å². The van der Waals surface area contributed by atoms with Crippen molar-refractivity contribution in [3.63, 3.8) is 0 Å². The molecule has 17 heavy (non-hydrogen) atoms. The summed E-state index contributed by atoms with van der Waals surface area (Å²) in [5, 5.41) is 0. The molecular weight excluding hydrogens is 210 g/mol. The van der Waals surface area contributed by atoms with Crippen molar-refractivity contribution in [1.82, 2.24) is 9.55 Å². The van der Waals surface area contributed by atoms with Crippen molar-refractivity contribution >= 4 is 0 Å². The first-order valence-corrected chi connectivity index (χ1v) is 5.85. The molecule has 0 aliphatic carbocycles. The zero-order valence-electron chi connectivity index (χ0n) is 10.6. The van der Waals surface area contributed by atoms with E-state index in [1.807, 2.05) is 12.4 Å². The molecule has 0 aliphatic rings. The van der Waals surface area contributed by atoms with Gasteiger partial charge in [0, 0.05) is 30.0 Å². The average Bonchev–Trinajstić information content (AvgIpc) is 2.78. The third kappa shape index (κ3) is 2.39. The topological polar surface area (TPSA) is 43.8 Å². The fourth-order valence-corrected chi connectivity index (χ4v) is 1.86. The van der Waals surface area contributed by atoms with Gasteiger partial charge in [0.25, 0.3) is 0 Å². The molecule has 0 unspecified atom stereocenters. The summed E-state index contributed by atoms with van der Waals surface area (Å²) in [5.41, 5.74) is 7.91. The van der Waals surface area contributed by atoms with E-state index in [0.717, 1.165) is 17.1 Å². The number of aromatic nitrogens is 2. The third-order valence-electron chi connectivity index (χ3n) is 2.76. The molecule has 2 rings (SSSR count). The quantitative estimate of drug-likeness (QED) is 0.860. The van der Waals surface area contributed by atoms with Crippen LogP contribution in [-0.4, -0.2) is 9.55 Å². The van der Waals surface area contributed by atoms with Crippen LogP contribution in [0.4, 0.5) is 0 Å². The van der Waals surface area contributed by atoms with Gasteiger partial charge in [-0.25, -0.2) is 4.98 Å². The lowest BCUT2D eigenvalue weighted by atomic mass is 9.95. The molecule has 0 fully saturated rings. The zero-order chi connectivity index (χ0) is 12.5. The number of nitrogens with zero attached hydrogens (tertiary/aromatic N) is 2. The van der Waals surface area contributed by atoms with Gasteiger partial charge in [0.1, 0.15) is 5.82 Å². The highest BCUT2D eigenvalue weighted by atomic mass is 15.1. The van der Waals surface area contributed by atoms with Gasteiger partial charge in [-0.15, -0.1) is 0 Å². The Kier molecular flexibility index (Phi) is 3.03. The minimum absolute atomic E-state index is 0.0377. The minimum atomic E-state index is 0.0377. The fourth-order valence-electron chi connectivity index (χ4n) is 1.86. The largest absolute Gasteiger partial charge is 0.326 e. The molecule has 90 valence electrons. The molecule has 2 aromatic rings. The summed E-state index contributed by atoms with van der Waals surface area (Å²) in [6.45, 7) is 7.08. The van der Waals surface area contributed by atoms with Gasteiger partial charge in [-0.3, -0.25) is 0 Å². The van der Waals surface area contributed by atoms with Crippen LogP contribution < -0.4 is 5.73 Å². The van der Waals surface area contributed by atoms with Crippen molar-refractivity contribution in [1.29, 1.82) is 0 Å². The van der Waals surface area contributed by atoms with E-state index in [4.69, 9.17) is 5.73 Å². The Morgan fingerprint density at radius 1 is 1.18 bits per heavy atom. The zero-order valence-corrected chi connectivity index (χ0v) is 10.6. The summed E-state index contributed by atoms with van der Waals surface area (Å²) in [5.74, 6) is 1.07. The predicted octanol–water partition coefficient (Wildman–Crippen LogP) is 2.63. The first kappa shape index (κ1) is 11.9. The molecular formula is C14H19N3. The highest BCUT2D eigenvalue weighted by Crippen LogP contribution is 2.23. The first-order valence-electron chi connectivity index (χ1n) is 5.85. The van der Waals surface area contributed by atoms with Gasteiger partial charge < -0.3 is 10.3 Å². The Balaban J connectivity index is 2.43. The Bertz CT molecular complexity index is 489. The molecule has 0 aliphatic heterocycles. The van der Waals surface area contributed by atoms with Gasteiger partial charge in [-0.2, -0.15) is 0 Å². The van der Waals surface area contributed by atoms with E-state index < -0.39 is 0 Å². The SMILES string of the molecule is CC(C)(C)c1nccn1-c1ccc(CN)cc1. The molecule has 0 saturated carbocycles. The van der Waals surface area contributed by atoms with Crippen molar-refractivity contribution < 1.29 is 0 Å². The number of hydrogen-bond acceptors (Lipinski definition) is 2. The number of hydrogen-bond donors (Lipinski definition) is 1. The highest BCUT2D eigenvalue weighted by Gasteiger charge is 2.20. The number of benzene rings is 1. The van der Waals surface area contributed by atoms with E-state index in [2.05, 4.69) is 54.6 Å². The normalized spacial score (nSPS) is 11.8. The second-order valence-corrected chi connectivity index (χ2v) is 5.24. The van der Waals surface area contributed by atoms with Gasteiger partial charge in [-0.1, -0.05) is 32.9 Å². The molecule has 0 amide bonds. The lowest BCUT2D eigenvalue weighted by Gasteiger charge is -2.19. The Labute approximate surface area is 102 Å². The van der Waals surface area contributed by atoms with Crippen molar-refractivity contribution in [3.8, 4) is 5.69 Å². The Hall–Kier alpha value is -1.61. The van der Waals surface area contributed by atoms with Crippen molar-refractivity contribution in [2.45, 2.75) is 32.7 Å². The molecule has 0 atom stereocenters. The van der Waals surface area contributed by atoms with Gasteiger partial charge in [0.05, 0.1) is 0 Å². The van der Waals surface area contributed by atoms with Crippen LogP contribution in [0.5, 0.6) is 0 Å². The summed E-state index contributed by atoms with van der Waals surface area (Å²) in [6.07, 6.45) is 3.84. The monoisotopic (exact) mass is 229 g/mol. The summed E-state index contributed by atoms with van der Waals surface area (Å²) in [7, 11) is 0. The third-order valence-corrected chi connectivity index (χ3v) is 2.76. The average molecular weight is 229 g/mol. The van der Waals surface area contributed by atoms with E-state index in [0.29, 0.717) is 6.54 Å². The predicted molar refractivity (Wildman–Crippen MR) is 70.2 cm³/mol. The van der Waals surface area contributed by atoms with Crippen LogP contribution in [-0.2, 0) is 12.0 Å². The molecule has 0 radical (unpaired) electrons. The van der Waals surface area contributed by atoms with Gasteiger partial charge >= 0.3 is 0 Å². The smallest absolute Gasteiger partial charge is 0.118 e. The van der Waals surface area contributed by atoms with Crippen LogP contribution in [0.15, 0.2) is 36.7 Å². The molecule has 0 bridgehead atoms. The highest BCUT2D eigenvalue weighted by molar-refractivity contribution is 5.36. The Morgan fingerprint density at radius 3 is 2.35 bits per heavy atom. The van der Waals surface area contributed by atoms with Crippen LogP contribution in [0, 0.1) is 0 Å². The van der Waals surface area contributed by atoms with Crippen LogP contribution >= 0.6 is 0 Å². The summed E-state index contributed by atoms with van der Waals surface area (Å²) < 4.78 is 2.13. The minimum Gasteiger partial charge on any atom is -0.326 e. The van der Waals surface area contributed by atoms with E-state index in [1.54, 1.807) is 0 Å². The molecule has 0 spiro atoms. The lowest BCUT2D eigenvalue weighted by molar-refractivity contribution is 0.536. The standard InChI is InChI=1S/C14H19N3/c1-14(2,3)13-16-8-9-17(13)12-6-4-11(10-15)5-7-12/h4-9H,10,15H2,1-3H3. The van der Waals surface area contributed by atoms with Crippen LogP contribution in [0.2, 0.25) is 0 Å². The lowest BCUT2D eigenvalue weighted by Crippen LogP contribution is -2.18. The molecule has 1 aromatic heterocycles. The van der Waals surface area contributed by atoms with Crippen LogP contribution in [0.25, 0.3) is 5.69 Å². The molecule has 2 N–H and O–H groups in total. The van der Waals surface area contributed by atoms with Gasteiger partial charge in [0.2, 0.25) is 0 Å². The van der Waals surface area contributed by atoms with Crippen molar-refractivity contribution in [3.05, 3.63) is 48.0 Å². The second-order valence-electron chi connectivity index (χ2n) is 5.24. The maximum Gasteiger partial charge on any atom is 0.118 e. The summed E-state index contributed by atoms with van der Waals surface area (Å²) in [4.78, 5) is 4.44. The number of rotatable bonds is 2. The Morgan fingerprint density at radius 2 is 1.82 bits per heavy atom. The molecule has 1 aromatic carbocycles. The first-order chi connectivity index (χ1) is 8.02. The van der Waals surface area contributed by atoms with Crippen molar-refractivity contribution in [2.24, 2.45) is 5.73 Å². The van der Waals surface area contributed by atoms with E-state index >= 15 is 0 Å². The summed E-state index contributed by atoms with van der Waals surface area (Å²) >= 11 is 0. The number of imidazole rings is 1. The maximum atomic E-state index is 5.60. The van der Waals surface area contributed by atoms with Gasteiger partial charge in [-0.05, 0) is 17.7 Å². The molecule has 1 heterocycles. The second kappa shape index (κ2) is 4.34. The molecule has 0 saturated heterocycles. The fraction of sp³-hybridized carbons (Fsp3) is 0.357.